The fraction of sp³-hybridized carbons (Fsp3) is 0.441. The molecule has 0 amide bonds. The van der Waals surface area contributed by atoms with Crippen molar-refractivity contribution in [2.75, 3.05) is 6.61 Å². The molecule has 6 heteroatoms. The van der Waals surface area contributed by atoms with E-state index >= 15 is 4.39 Å². The summed E-state index contributed by atoms with van der Waals surface area (Å²) in [4.78, 5) is 12.6. The van der Waals surface area contributed by atoms with Crippen LogP contribution in [0.2, 0.25) is 0 Å². The number of hydrogen-bond acceptors (Lipinski definition) is 3. The summed E-state index contributed by atoms with van der Waals surface area (Å²) in [7, 11) is 0. The highest BCUT2D eigenvalue weighted by Crippen LogP contribution is 2.39. The summed E-state index contributed by atoms with van der Waals surface area (Å²) < 4.78 is 55.4. The minimum absolute atomic E-state index is 0.0484. The summed E-state index contributed by atoms with van der Waals surface area (Å²) in [5.41, 5.74) is 1.12. The molecule has 0 heterocycles. The molecule has 214 valence electrons. The van der Waals surface area contributed by atoms with Crippen molar-refractivity contribution in [3.05, 3.63) is 83.2 Å². The second-order valence-corrected chi connectivity index (χ2v) is 11.0. The molecule has 0 unspecified atom stereocenters. The third kappa shape index (κ3) is 7.67. The Morgan fingerprint density at radius 1 is 0.825 bits per heavy atom. The van der Waals surface area contributed by atoms with Gasteiger partial charge < -0.3 is 9.47 Å². The Labute approximate surface area is 235 Å². The molecule has 0 aromatic heterocycles. The topological polar surface area (TPSA) is 35.5 Å². The lowest BCUT2D eigenvalue weighted by Crippen LogP contribution is -2.13. The van der Waals surface area contributed by atoms with Crippen molar-refractivity contribution in [3.8, 4) is 22.6 Å². The summed E-state index contributed by atoms with van der Waals surface area (Å²) in [6.07, 6.45) is 10.4. The van der Waals surface area contributed by atoms with E-state index in [9.17, 15) is 13.6 Å². The number of rotatable bonds is 12. The van der Waals surface area contributed by atoms with Gasteiger partial charge in [-0.05, 0) is 72.6 Å². The van der Waals surface area contributed by atoms with Crippen LogP contribution in [0.3, 0.4) is 0 Å². The molecule has 4 rings (SSSR count). The number of unbranched alkanes of at least 4 members (excludes halogenated alkanes) is 5. The van der Waals surface area contributed by atoms with Crippen molar-refractivity contribution >= 4 is 5.97 Å². The van der Waals surface area contributed by atoms with Crippen LogP contribution in [0.1, 0.15) is 99.9 Å². The Morgan fingerprint density at radius 2 is 1.52 bits per heavy atom. The first-order chi connectivity index (χ1) is 19.4. The van der Waals surface area contributed by atoms with Crippen LogP contribution < -0.4 is 9.47 Å². The predicted octanol–water partition coefficient (Wildman–Crippen LogP) is 10.0. The van der Waals surface area contributed by atoms with Crippen molar-refractivity contribution in [3.63, 3.8) is 0 Å². The van der Waals surface area contributed by atoms with Gasteiger partial charge in [0.05, 0.1) is 12.2 Å². The van der Waals surface area contributed by atoms with Gasteiger partial charge in [-0.1, -0.05) is 83.1 Å². The smallest absolute Gasteiger partial charge is 0.343 e. The largest absolute Gasteiger partial charge is 0.491 e. The number of carbonyl (C=O) groups is 1. The molecule has 1 aliphatic rings. The molecule has 1 saturated carbocycles. The molecule has 3 aromatic rings. The van der Waals surface area contributed by atoms with Crippen LogP contribution in [-0.4, -0.2) is 12.6 Å². The second-order valence-electron chi connectivity index (χ2n) is 11.0. The van der Waals surface area contributed by atoms with Crippen molar-refractivity contribution in [2.24, 2.45) is 5.92 Å². The van der Waals surface area contributed by atoms with E-state index in [0.29, 0.717) is 23.7 Å². The lowest BCUT2D eigenvalue weighted by Gasteiger charge is -2.27. The van der Waals surface area contributed by atoms with Gasteiger partial charge in [-0.3, -0.25) is 0 Å². The highest BCUT2D eigenvalue weighted by molar-refractivity contribution is 5.91. The van der Waals surface area contributed by atoms with Gasteiger partial charge in [0.2, 0.25) is 0 Å². The van der Waals surface area contributed by atoms with E-state index < -0.39 is 23.4 Å². The van der Waals surface area contributed by atoms with E-state index in [2.05, 4.69) is 13.8 Å². The lowest BCUT2D eigenvalue weighted by molar-refractivity contribution is 0.0734. The number of esters is 1. The van der Waals surface area contributed by atoms with Crippen LogP contribution in [0.4, 0.5) is 13.2 Å². The van der Waals surface area contributed by atoms with E-state index in [1.54, 1.807) is 24.3 Å². The van der Waals surface area contributed by atoms with Gasteiger partial charge >= 0.3 is 5.97 Å². The maximum atomic E-state index is 15.0. The van der Waals surface area contributed by atoms with Gasteiger partial charge in [0, 0.05) is 5.56 Å². The first-order valence-corrected chi connectivity index (χ1v) is 14.6. The second kappa shape index (κ2) is 14.4. The van der Waals surface area contributed by atoms with Gasteiger partial charge in [0.1, 0.15) is 5.75 Å². The van der Waals surface area contributed by atoms with Gasteiger partial charge in [0.15, 0.2) is 23.2 Å². The number of halogens is 3. The van der Waals surface area contributed by atoms with Crippen LogP contribution in [0.15, 0.2) is 54.6 Å². The van der Waals surface area contributed by atoms with E-state index in [-0.39, 0.29) is 28.5 Å². The van der Waals surface area contributed by atoms with Crippen molar-refractivity contribution in [1.82, 2.24) is 0 Å². The quantitative estimate of drug-likeness (QED) is 0.127. The monoisotopic (exact) mass is 552 g/mol. The normalized spacial score (nSPS) is 17.0. The summed E-state index contributed by atoms with van der Waals surface area (Å²) in [6.45, 7) is 4.79. The third-order valence-electron chi connectivity index (χ3n) is 7.87. The van der Waals surface area contributed by atoms with Gasteiger partial charge in [0.25, 0.3) is 0 Å². The van der Waals surface area contributed by atoms with Crippen LogP contribution >= 0.6 is 0 Å². The average Bonchev–Trinajstić information content (AvgIpc) is 2.96. The minimum Gasteiger partial charge on any atom is -0.491 e. The predicted molar refractivity (Wildman–Crippen MR) is 152 cm³/mol. The number of ether oxygens (including phenoxy) is 2. The first-order valence-electron chi connectivity index (χ1n) is 14.6. The summed E-state index contributed by atoms with van der Waals surface area (Å²) in [5, 5.41) is 0. The summed E-state index contributed by atoms with van der Waals surface area (Å²) in [6, 6.07) is 13.5. The maximum absolute atomic E-state index is 15.0. The molecule has 0 atom stereocenters. The highest BCUT2D eigenvalue weighted by atomic mass is 19.2. The van der Waals surface area contributed by atoms with Crippen molar-refractivity contribution in [1.29, 1.82) is 0 Å². The van der Waals surface area contributed by atoms with E-state index in [0.717, 1.165) is 51.0 Å². The summed E-state index contributed by atoms with van der Waals surface area (Å²) in [5.74, 6) is -2.00. The average molecular weight is 553 g/mol. The van der Waals surface area contributed by atoms with Crippen LogP contribution in [0, 0.1) is 23.4 Å². The molecule has 40 heavy (non-hydrogen) atoms. The number of carbonyl (C=O) groups excluding carboxylic acids is 1. The zero-order valence-electron chi connectivity index (χ0n) is 23.5. The Kier molecular flexibility index (Phi) is 10.7. The third-order valence-corrected chi connectivity index (χ3v) is 7.87. The molecule has 0 N–H and O–H groups in total. The fourth-order valence-electron chi connectivity index (χ4n) is 5.35. The SMILES string of the molecule is CCCCCCCCOc1ccc(C(=O)Oc2ccc(-c3ccc(C4CCC(C)CC4)c(F)c3F)cc2)cc1F. The molecule has 1 aliphatic carbocycles. The van der Waals surface area contributed by atoms with Crippen molar-refractivity contribution in [2.45, 2.75) is 84.0 Å². The molecular weight excluding hydrogens is 513 g/mol. The zero-order chi connectivity index (χ0) is 28.5. The Morgan fingerprint density at radius 3 is 2.23 bits per heavy atom. The number of hydrogen-bond donors (Lipinski definition) is 0. The standard InChI is InChI=1S/C34H39F3O3/c1-3-4-5-6-7-8-21-39-31-20-15-26(22-30(31)35)34(38)40-27-16-13-25(14-17-27)29-19-18-28(32(36)33(29)37)24-11-9-23(2)10-12-24/h13-20,22-24H,3-12,21H2,1-2H3. The lowest BCUT2D eigenvalue weighted by atomic mass is 9.79. The molecular formula is C34H39F3O3. The molecule has 1 fully saturated rings. The fourth-order valence-corrected chi connectivity index (χ4v) is 5.35. The molecule has 0 radical (unpaired) electrons. The van der Waals surface area contributed by atoms with Gasteiger partial charge in [-0.25, -0.2) is 18.0 Å². The van der Waals surface area contributed by atoms with Crippen LogP contribution in [0.25, 0.3) is 11.1 Å². The molecule has 0 spiro atoms. The van der Waals surface area contributed by atoms with Gasteiger partial charge in [-0.2, -0.15) is 0 Å². The summed E-state index contributed by atoms with van der Waals surface area (Å²) >= 11 is 0. The molecule has 0 aliphatic heterocycles. The van der Waals surface area contributed by atoms with Crippen molar-refractivity contribution < 1.29 is 27.4 Å². The number of benzene rings is 3. The Hall–Kier alpha value is -3.28. The maximum Gasteiger partial charge on any atom is 0.343 e. The first kappa shape index (κ1) is 29.7. The van der Waals surface area contributed by atoms with Crippen LogP contribution in [0.5, 0.6) is 11.5 Å². The Balaban J connectivity index is 1.33. The molecule has 3 nitrogen and oxygen atoms in total. The molecule has 3 aromatic carbocycles. The zero-order valence-corrected chi connectivity index (χ0v) is 23.5. The van der Waals surface area contributed by atoms with Crippen LogP contribution in [-0.2, 0) is 0 Å². The van der Waals surface area contributed by atoms with E-state index in [1.165, 1.54) is 43.5 Å². The molecule has 0 saturated heterocycles. The van der Waals surface area contributed by atoms with E-state index in [4.69, 9.17) is 9.47 Å². The van der Waals surface area contributed by atoms with Gasteiger partial charge in [-0.15, -0.1) is 0 Å². The molecule has 0 bridgehead atoms. The highest BCUT2D eigenvalue weighted by Gasteiger charge is 2.25. The van der Waals surface area contributed by atoms with E-state index in [1.807, 2.05) is 0 Å². The minimum atomic E-state index is -0.866. The Bertz CT molecular complexity index is 1260.